The number of carbonyl (C=O) groups excluding carboxylic acids is 1. The van der Waals surface area contributed by atoms with Crippen molar-refractivity contribution in [1.82, 2.24) is 9.22 Å². The van der Waals surface area contributed by atoms with E-state index in [1.807, 2.05) is 19.9 Å². The van der Waals surface area contributed by atoms with E-state index < -0.39 is 8.24 Å². The third kappa shape index (κ3) is 3.08. The Morgan fingerprint density at radius 2 is 1.56 bits per heavy atom. The highest BCUT2D eigenvalue weighted by atomic mass is 35.5. The number of carbonyl (C=O) groups is 1. The van der Waals surface area contributed by atoms with Gasteiger partial charge in [-0.15, -0.1) is 0 Å². The van der Waals surface area contributed by atoms with Crippen LogP contribution in [0.2, 0.25) is 21.6 Å². The Balaban J connectivity index is 2.76. The lowest BCUT2D eigenvalue weighted by Crippen LogP contribution is -2.51. The Morgan fingerprint density at radius 1 is 1.04 bits per heavy atom. The second-order valence-electron chi connectivity index (χ2n) is 8.28. The number of hydrogen-bond donors (Lipinski definition) is 0. The number of ketones is 1. The number of halogens is 1. The highest BCUT2D eigenvalue weighted by Crippen LogP contribution is 2.44. The van der Waals surface area contributed by atoms with E-state index in [1.54, 1.807) is 6.20 Å². The number of pyridine rings is 1. The molecular weight excluding hydrogens is 348 g/mol. The average molecular weight is 379 g/mol. The Morgan fingerprint density at radius 3 is 2.00 bits per heavy atom. The first-order valence-corrected chi connectivity index (χ1v) is 11.8. The fourth-order valence-electron chi connectivity index (χ4n) is 4.68. The zero-order valence-corrected chi connectivity index (χ0v) is 18.5. The molecule has 0 amide bonds. The maximum Gasteiger partial charge on any atom is 0.171 e. The predicted octanol–water partition coefficient (Wildman–Crippen LogP) is 6.55. The molecule has 0 fully saturated rings. The first-order chi connectivity index (χ1) is 11.6. The summed E-state index contributed by atoms with van der Waals surface area (Å²) in [6.45, 7) is 17.8. The van der Waals surface area contributed by atoms with Gasteiger partial charge in [0.2, 0.25) is 0 Å². The maximum atomic E-state index is 12.4. The van der Waals surface area contributed by atoms with E-state index in [9.17, 15) is 4.79 Å². The van der Waals surface area contributed by atoms with Gasteiger partial charge in [-0.25, -0.2) is 4.98 Å². The van der Waals surface area contributed by atoms with Crippen molar-refractivity contribution in [2.75, 3.05) is 0 Å². The summed E-state index contributed by atoms with van der Waals surface area (Å²) in [6.07, 6.45) is 3.82. The fourth-order valence-corrected chi connectivity index (χ4v) is 11.5. The van der Waals surface area contributed by atoms with E-state index in [2.05, 4.69) is 52.0 Å². The number of nitrogens with zero attached hydrogens (tertiary/aromatic N) is 2. The topological polar surface area (TPSA) is 34.9 Å². The van der Waals surface area contributed by atoms with Crippen LogP contribution < -0.4 is 0 Å². The summed E-state index contributed by atoms with van der Waals surface area (Å²) in [7, 11) is -1.89. The molecule has 2 aromatic rings. The van der Waals surface area contributed by atoms with E-state index >= 15 is 0 Å². The van der Waals surface area contributed by atoms with Crippen LogP contribution in [0.1, 0.15) is 65.7 Å². The van der Waals surface area contributed by atoms with Crippen LogP contribution in [-0.2, 0) is 0 Å². The summed E-state index contributed by atoms with van der Waals surface area (Å²) in [5.74, 6) is -0.0402. The minimum Gasteiger partial charge on any atom is -0.359 e. The van der Waals surface area contributed by atoms with Crippen LogP contribution in [0.3, 0.4) is 0 Å². The molecule has 0 bridgehead atoms. The van der Waals surface area contributed by atoms with Crippen LogP contribution in [-0.4, -0.2) is 23.2 Å². The summed E-state index contributed by atoms with van der Waals surface area (Å²) in [4.78, 5) is 17.1. The van der Waals surface area contributed by atoms with E-state index in [1.165, 1.54) is 0 Å². The van der Waals surface area contributed by atoms with Crippen molar-refractivity contribution in [2.24, 2.45) is 5.92 Å². The molecule has 138 valence electrons. The van der Waals surface area contributed by atoms with Gasteiger partial charge in [0.25, 0.3) is 0 Å². The van der Waals surface area contributed by atoms with Crippen molar-refractivity contribution in [3.05, 3.63) is 29.0 Å². The van der Waals surface area contributed by atoms with Crippen molar-refractivity contribution >= 4 is 36.7 Å². The molecule has 2 heterocycles. The molecule has 0 aliphatic heterocycles. The van der Waals surface area contributed by atoms with E-state index in [0.717, 1.165) is 11.0 Å². The molecule has 0 saturated carbocycles. The molecule has 0 unspecified atom stereocenters. The second-order valence-corrected chi connectivity index (χ2v) is 14.4. The highest BCUT2D eigenvalue weighted by Gasteiger charge is 2.46. The molecule has 3 nitrogen and oxygen atoms in total. The van der Waals surface area contributed by atoms with E-state index in [-0.39, 0.29) is 11.7 Å². The van der Waals surface area contributed by atoms with Crippen molar-refractivity contribution in [1.29, 1.82) is 0 Å². The van der Waals surface area contributed by atoms with Gasteiger partial charge in [-0.2, -0.15) is 0 Å². The number of fused-ring (bicyclic) bond motifs is 1. The summed E-state index contributed by atoms with van der Waals surface area (Å²) >= 11 is 6.62. The molecule has 0 N–H and O–H groups in total. The Hall–Kier alpha value is -1.13. The van der Waals surface area contributed by atoms with Crippen LogP contribution in [0.4, 0.5) is 0 Å². The van der Waals surface area contributed by atoms with Crippen LogP contribution in [0, 0.1) is 5.92 Å². The molecule has 2 aromatic heterocycles. The summed E-state index contributed by atoms with van der Waals surface area (Å²) in [5.41, 5.74) is 3.17. The quantitative estimate of drug-likeness (QED) is 0.421. The Kier molecular flexibility index (Phi) is 5.84. The molecule has 0 aromatic carbocycles. The monoisotopic (exact) mass is 378 g/mol. The van der Waals surface area contributed by atoms with Crippen molar-refractivity contribution < 1.29 is 4.79 Å². The van der Waals surface area contributed by atoms with Crippen molar-refractivity contribution in [3.63, 3.8) is 0 Å². The molecular formula is C20H31ClN2OSi. The number of Topliss-reactive ketones (excluding diaryl/α,β-unsaturated/α-hetero) is 1. The fraction of sp³-hybridized carbons (Fsp3) is 0.600. The third-order valence-corrected chi connectivity index (χ3v) is 12.8. The van der Waals surface area contributed by atoms with Gasteiger partial charge in [0, 0.05) is 17.5 Å². The predicted molar refractivity (Wildman–Crippen MR) is 110 cm³/mol. The van der Waals surface area contributed by atoms with Crippen LogP contribution >= 0.6 is 11.6 Å². The maximum absolute atomic E-state index is 12.4. The van der Waals surface area contributed by atoms with Crippen LogP contribution in [0.5, 0.6) is 0 Å². The van der Waals surface area contributed by atoms with Crippen molar-refractivity contribution in [2.45, 2.75) is 72.0 Å². The smallest absolute Gasteiger partial charge is 0.171 e. The standard InChI is InChI=1S/C20H31ClN2OSi/c1-12(2)19(24)17-11-22-20-16(18(17)21)9-10-23(20)25(13(3)4,14(5)6)15(7)8/h9-15H,1-8H3. The van der Waals surface area contributed by atoms with Gasteiger partial charge in [0.15, 0.2) is 14.0 Å². The van der Waals surface area contributed by atoms with Crippen LogP contribution in [0.25, 0.3) is 11.0 Å². The first-order valence-electron chi connectivity index (χ1n) is 9.26. The molecule has 5 heteroatoms. The SMILES string of the molecule is CC(C)C(=O)c1cnc2c(ccn2[Si](C(C)C)(C(C)C)C(C)C)c1Cl. The molecule has 2 rings (SSSR count). The summed E-state index contributed by atoms with van der Waals surface area (Å²) < 4.78 is 2.43. The summed E-state index contributed by atoms with van der Waals surface area (Å²) in [6, 6.07) is 2.04. The van der Waals surface area contributed by atoms with Gasteiger partial charge in [-0.1, -0.05) is 67.0 Å². The molecule has 0 aliphatic carbocycles. The number of rotatable bonds is 6. The lowest BCUT2D eigenvalue weighted by atomic mass is 10.0. The van der Waals surface area contributed by atoms with Gasteiger partial charge < -0.3 is 4.23 Å². The third-order valence-electron chi connectivity index (χ3n) is 5.63. The van der Waals surface area contributed by atoms with Gasteiger partial charge in [-0.05, 0) is 28.9 Å². The molecule has 0 spiro atoms. The Bertz CT molecular complexity index is 756. The van der Waals surface area contributed by atoms with Gasteiger partial charge in [0.1, 0.15) is 5.65 Å². The normalized spacial score (nSPS) is 13.0. The first kappa shape index (κ1) is 20.2. The lowest BCUT2D eigenvalue weighted by molar-refractivity contribution is 0.0939. The average Bonchev–Trinajstić information content (AvgIpc) is 2.91. The minimum atomic E-state index is -1.89. The van der Waals surface area contributed by atoms with Crippen molar-refractivity contribution in [3.8, 4) is 0 Å². The summed E-state index contributed by atoms with van der Waals surface area (Å²) in [5, 5.41) is 1.44. The number of aromatic nitrogens is 2. The molecule has 0 aliphatic rings. The molecule has 0 radical (unpaired) electrons. The largest absolute Gasteiger partial charge is 0.359 e. The Labute approximate surface area is 157 Å². The molecule has 0 atom stereocenters. The molecule has 0 saturated heterocycles. The zero-order chi connectivity index (χ0) is 19.1. The van der Waals surface area contributed by atoms with Gasteiger partial charge in [0.05, 0.1) is 10.6 Å². The lowest BCUT2D eigenvalue weighted by Gasteiger charge is -2.44. The highest BCUT2D eigenvalue weighted by molar-refractivity contribution is 6.82. The van der Waals surface area contributed by atoms with Gasteiger partial charge >= 0.3 is 0 Å². The zero-order valence-electron chi connectivity index (χ0n) is 16.7. The number of hydrogen-bond acceptors (Lipinski definition) is 2. The van der Waals surface area contributed by atoms with Crippen LogP contribution in [0.15, 0.2) is 18.5 Å². The van der Waals surface area contributed by atoms with E-state index in [0.29, 0.717) is 27.2 Å². The van der Waals surface area contributed by atoms with Gasteiger partial charge in [-0.3, -0.25) is 4.79 Å². The van der Waals surface area contributed by atoms with E-state index in [4.69, 9.17) is 16.6 Å². The minimum absolute atomic E-state index is 0.0484. The second kappa shape index (κ2) is 7.24. The molecule has 25 heavy (non-hydrogen) atoms.